The second-order valence-corrected chi connectivity index (χ2v) is 4.71. The van der Waals surface area contributed by atoms with E-state index >= 15 is 0 Å². The number of phenolic OH excluding ortho intramolecular Hbond substituents is 1. The van der Waals surface area contributed by atoms with E-state index in [0.29, 0.717) is 11.5 Å². The van der Waals surface area contributed by atoms with Crippen molar-refractivity contribution in [3.63, 3.8) is 0 Å². The number of aromatic hydroxyl groups is 1. The van der Waals surface area contributed by atoms with Gasteiger partial charge >= 0.3 is 0 Å². The Morgan fingerprint density at radius 3 is 2.76 bits per heavy atom. The first-order chi connectivity index (χ1) is 8.20. The SMILES string of the molecule is CCC1CCCN(C(=O)c2ccc(O)cc2)C1. The van der Waals surface area contributed by atoms with E-state index in [1.165, 1.54) is 6.42 Å². The molecule has 3 nitrogen and oxygen atoms in total. The highest BCUT2D eigenvalue weighted by Gasteiger charge is 2.23. The number of phenols is 1. The maximum Gasteiger partial charge on any atom is 0.253 e. The number of rotatable bonds is 2. The minimum atomic E-state index is 0.0863. The standard InChI is InChI=1S/C14H19NO2/c1-2-11-4-3-9-15(10-11)14(17)12-5-7-13(16)8-6-12/h5-8,11,16H,2-4,9-10H2,1H3. The number of likely N-dealkylation sites (tertiary alicyclic amines) is 1. The molecule has 1 unspecified atom stereocenters. The van der Waals surface area contributed by atoms with Crippen molar-refractivity contribution in [3.05, 3.63) is 29.8 Å². The molecule has 1 aromatic rings. The Morgan fingerprint density at radius 1 is 1.41 bits per heavy atom. The Kier molecular flexibility index (Phi) is 3.67. The Bertz CT molecular complexity index is 386. The van der Waals surface area contributed by atoms with E-state index in [2.05, 4.69) is 6.92 Å². The van der Waals surface area contributed by atoms with Crippen LogP contribution in [0, 0.1) is 5.92 Å². The molecule has 92 valence electrons. The molecule has 0 aromatic heterocycles. The maximum absolute atomic E-state index is 12.2. The molecule has 3 heteroatoms. The van der Waals surface area contributed by atoms with Crippen LogP contribution in [-0.2, 0) is 0 Å². The second kappa shape index (κ2) is 5.21. The fourth-order valence-corrected chi connectivity index (χ4v) is 2.37. The average molecular weight is 233 g/mol. The summed E-state index contributed by atoms with van der Waals surface area (Å²) in [4.78, 5) is 14.2. The molecule has 1 atom stereocenters. The summed E-state index contributed by atoms with van der Waals surface area (Å²) in [6.07, 6.45) is 3.47. The third kappa shape index (κ3) is 2.78. The van der Waals surface area contributed by atoms with Gasteiger partial charge < -0.3 is 10.0 Å². The van der Waals surface area contributed by atoms with Crippen molar-refractivity contribution in [2.45, 2.75) is 26.2 Å². The fraction of sp³-hybridized carbons (Fsp3) is 0.500. The van der Waals surface area contributed by atoms with Gasteiger partial charge in [-0.1, -0.05) is 13.3 Å². The summed E-state index contributed by atoms with van der Waals surface area (Å²) >= 11 is 0. The first-order valence-corrected chi connectivity index (χ1v) is 6.29. The van der Waals surface area contributed by atoms with Gasteiger partial charge in [-0.3, -0.25) is 4.79 Å². The van der Waals surface area contributed by atoms with Gasteiger partial charge in [-0.05, 0) is 43.0 Å². The van der Waals surface area contributed by atoms with Gasteiger partial charge in [0, 0.05) is 18.7 Å². The minimum absolute atomic E-state index is 0.0863. The smallest absolute Gasteiger partial charge is 0.253 e. The van der Waals surface area contributed by atoms with Crippen LogP contribution < -0.4 is 0 Å². The maximum atomic E-state index is 12.2. The number of benzene rings is 1. The van der Waals surface area contributed by atoms with Crippen LogP contribution in [-0.4, -0.2) is 29.0 Å². The van der Waals surface area contributed by atoms with Crippen molar-refractivity contribution < 1.29 is 9.90 Å². The summed E-state index contributed by atoms with van der Waals surface area (Å²) in [5.74, 6) is 0.930. The predicted octanol–water partition coefficient (Wildman–Crippen LogP) is 2.65. The molecule has 1 fully saturated rings. The Balaban J connectivity index is 2.06. The van der Waals surface area contributed by atoms with Gasteiger partial charge in [-0.25, -0.2) is 0 Å². The lowest BCUT2D eigenvalue weighted by atomic mass is 9.95. The van der Waals surface area contributed by atoms with Crippen molar-refractivity contribution in [1.29, 1.82) is 0 Å². The zero-order valence-corrected chi connectivity index (χ0v) is 10.2. The molecule has 0 aliphatic carbocycles. The highest BCUT2D eigenvalue weighted by molar-refractivity contribution is 5.94. The Morgan fingerprint density at radius 2 is 2.12 bits per heavy atom. The van der Waals surface area contributed by atoms with E-state index in [0.717, 1.165) is 25.9 Å². The largest absolute Gasteiger partial charge is 0.508 e. The van der Waals surface area contributed by atoms with Gasteiger partial charge in [0.05, 0.1) is 0 Å². The normalized spacial score (nSPS) is 20.3. The van der Waals surface area contributed by atoms with Crippen molar-refractivity contribution in [2.75, 3.05) is 13.1 Å². The Hall–Kier alpha value is -1.51. The summed E-state index contributed by atoms with van der Waals surface area (Å²) < 4.78 is 0. The van der Waals surface area contributed by atoms with Crippen molar-refractivity contribution in [3.8, 4) is 5.75 Å². The summed E-state index contributed by atoms with van der Waals surface area (Å²) in [6.45, 7) is 3.91. The van der Waals surface area contributed by atoms with Crippen LogP contribution in [0.1, 0.15) is 36.5 Å². The molecule has 1 heterocycles. The van der Waals surface area contributed by atoms with Gasteiger partial charge in [0.1, 0.15) is 5.75 Å². The first-order valence-electron chi connectivity index (χ1n) is 6.29. The number of amides is 1. The highest BCUT2D eigenvalue weighted by atomic mass is 16.3. The van der Waals surface area contributed by atoms with Crippen LogP contribution in [0.2, 0.25) is 0 Å². The zero-order chi connectivity index (χ0) is 12.3. The van der Waals surface area contributed by atoms with Crippen LogP contribution >= 0.6 is 0 Å². The quantitative estimate of drug-likeness (QED) is 0.853. The lowest BCUT2D eigenvalue weighted by Gasteiger charge is -2.32. The number of hydrogen-bond donors (Lipinski definition) is 1. The lowest BCUT2D eigenvalue weighted by molar-refractivity contribution is 0.0671. The van der Waals surface area contributed by atoms with Crippen molar-refractivity contribution >= 4 is 5.91 Å². The number of carbonyl (C=O) groups is 1. The summed E-state index contributed by atoms with van der Waals surface area (Å²) in [7, 11) is 0. The molecular formula is C14H19NO2. The molecule has 1 aliphatic heterocycles. The monoisotopic (exact) mass is 233 g/mol. The number of hydrogen-bond acceptors (Lipinski definition) is 2. The molecule has 0 bridgehead atoms. The molecule has 1 aliphatic rings. The molecule has 0 radical (unpaired) electrons. The third-order valence-electron chi connectivity index (χ3n) is 3.50. The van der Waals surface area contributed by atoms with Crippen molar-refractivity contribution in [1.82, 2.24) is 4.90 Å². The molecule has 0 spiro atoms. The summed E-state index contributed by atoms with van der Waals surface area (Å²) in [5.41, 5.74) is 0.666. The zero-order valence-electron chi connectivity index (χ0n) is 10.2. The fourth-order valence-electron chi connectivity index (χ4n) is 2.37. The molecule has 1 N–H and O–H groups in total. The predicted molar refractivity (Wildman–Crippen MR) is 67.0 cm³/mol. The highest BCUT2D eigenvalue weighted by Crippen LogP contribution is 2.21. The van der Waals surface area contributed by atoms with E-state index < -0.39 is 0 Å². The van der Waals surface area contributed by atoms with Crippen LogP contribution in [0.25, 0.3) is 0 Å². The van der Waals surface area contributed by atoms with E-state index in [-0.39, 0.29) is 11.7 Å². The van der Waals surface area contributed by atoms with E-state index in [1.54, 1.807) is 24.3 Å². The molecule has 1 saturated heterocycles. The van der Waals surface area contributed by atoms with Crippen molar-refractivity contribution in [2.24, 2.45) is 5.92 Å². The van der Waals surface area contributed by atoms with E-state index in [4.69, 9.17) is 0 Å². The average Bonchev–Trinajstić information content (AvgIpc) is 2.39. The molecule has 17 heavy (non-hydrogen) atoms. The van der Waals surface area contributed by atoms with Crippen LogP contribution in [0.3, 0.4) is 0 Å². The van der Waals surface area contributed by atoms with Crippen LogP contribution in [0.15, 0.2) is 24.3 Å². The van der Waals surface area contributed by atoms with Gasteiger partial charge in [0.2, 0.25) is 0 Å². The van der Waals surface area contributed by atoms with Crippen LogP contribution in [0.5, 0.6) is 5.75 Å². The van der Waals surface area contributed by atoms with E-state index in [9.17, 15) is 9.90 Å². The first kappa shape index (κ1) is 12.0. The lowest BCUT2D eigenvalue weighted by Crippen LogP contribution is -2.39. The number of carbonyl (C=O) groups excluding carboxylic acids is 1. The Labute approximate surface area is 102 Å². The number of piperidine rings is 1. The summed E-state index contributed by atoms with van der Waals surface area (Å²) in [5, 5.41) is 9.20. The second-order valence-electron chi connectivity index (χ2n) is 4.71. The number of nitrogens with zero attached hydrogens (tertiary/aromatic N) is 1. The molecule has 1 aromatic carbocycles. The van der Waals surface area contributed by atoms with Gasteiger partial charge in [-0.2, -0.15) is 0 Å². The molecular weight excluding hydrogens is 214 g/mol. The van der Waals surface area contributed by atoms with Gasteiger partial charge in [0.15, 0.2) is 0 Å². The molecule has 0 saturated carbocycles. The van der Waals surface area contributed by atoms with Crippen LogP contribution in [0.4, 0.5) is 0 Å². The van der Waals surface area contributed by atoms with Gasteiger partial charge in [0.25, 0.3) is 5.91 Å². The summed E-state index contributed by atoms with van der Waals surface area (Å²) in [6, 6.07) is 6.50. The van der Waals surface area contributed by atoms with E-state index in [1.807, 2.05) is 4.90 Å². The third-order valence-corrected chi connectivity index (χ3v) is 3.50. The van der Waals surface area contributed by atoms with Gasteiger partial charge in [-0.15, -0.1) is 0 Å². The minimum Gasteiger partial charge on any atom is -0.508 e. The topological polar surface area (TPSA) is 40.5 Å². The molecule has 1 amide bonds. The molecule has 2 rings (SSSR count).